The third-order valence-electron chi connectivity index (χ3n) is 4.81. The Morgan fingerprint density at radius 1 is 1.10 bits per heavy atom. The molecule has 0 saturated carbocycles. The van der Waals surface area contributed by atoms with E-state index in [4.69, 9.17) is 9.47 Å². The van der Waals surface area contributed by atoms with Crippen molar-refractivity contribution in [3.05, 3.63) is 60.2 Å². The Balaban J connectivity index is 1.36. The van der Waals surface area contributed by atoms with Gasteiger partial charge >= 0.3 is 11.8 Å². The minimum atomic E-state index is -0.675. The lowest BCUT2D eigenvalue weighted by molar-refractivity contribution is -0.136. The van der Waals surface area contributed by atoms with Crippen LogP contribution in [0.5, 0.6) is 5.75 Å². The average Bonchev–Trinajstić information content (AvgIpc) is 2.78. The smallest absolute Gasteiger partial charge is 0.313 e. The molecule has 1 heterocycles. The number of carbonyl (C=O) groups is 2. The Bertz CT molecular complexity index is 795. The highest BCUT2D eigenvalue weighted by Gasteiger charge is 2.21. The second-order valence-corrected chi connectivity index (χ2v) is 6.86. The zero-order chi connectivity index (χ0) is 20.5. The molecule has 1 unspecified atom stereocenters. The number of ether oxygens (including phenoxy) is 2. The number of methoxy groups -OCH3 is 1. The van der Waals surface area contributed by atoms with E-state index in [0.717, 1.165) is 26.1 Å². The SMILES string of the molecule is COc1ccc(NC(=O)C(=O)NCCCN2CCOC(c3ccccc3)C2)cc1. The molecule has 1 aliphatic rings. The van der Waals surface area contributed by atoms with Gasteiger partial charge in [-0.2, -0.15) is 0 Å². The van der Waals surface area contributed by atoms with Crippen molar-refractivity contribution in [2.45, 2.75) is 12.5 Å². The first-order valence-electron chi connectivity index (χ1n) is 9.78. The van der Waals surface area contributed by atoms with Crippen LogP contribution in [0.4, 0.5) is 5.69 Å². The fourth-order valence-corrected chi connectivity index (χ4v) is 3.22. The lowest BCUT2D eigenvalue weighted by Crippen LogP contribution is -2.41. The van der Waals surface area contributed by atoms with E-state index >= 15 is 0 Å². The monoisotopic (exact) mass is 397 g/mol. The summed E-state index contributed by atoms with van der Waals surface area (Å²) < 4.78 is 10.9. The van der Waals surface area contributed by atoms with Crippen LogP contribution < -0.4 is 15.4 Å². The number of benzene rings is 2. The molecule has 0 spiro atoms. The van der Waals surface area contributed by atoms with Gasteiger partial charge in [0.25, 0.3) is 0 Å². The quantitative estimate of drug-likeness (QED) is 0.553. The Kier molecular flexibility index (Phi) is 7.61. The van der Waals surface area contributed by atoms with Crippen LogP contribution in [0.3, 0.4) is 0 Å². The summed E-state index contributed by atoms with van der Waals surface area (Å²) in [5.41, 5.74) is 1.73. The predicted octanol–water partition coefficient (Wildman–Crippen LogP) is 2.21. The highest BCUT2D eigenvalue weighted by atomic mass is 16.5. The van der Waals surface area contributed by atoms with Crippen LogP contribution >= 0.6 is 0 Å². The van der Waals surface area contributed by atoms with E-state index in [1.165, 1.54) is 5.56 Å². The molecule has 0 aromatic heterocycles. The van der Waals surface area contributed by atoms with Gasteiger partial charge in [0.2, 0.25) is 0 Å². The highest BCUT2D eigenvalue weighted by Crippen LogP contribution is 2.21. The van der Waals surface area contributed by atoms with Gasteiger partial charge in [-0.15, -0.1) is 0 Å². The maximum Gasteiger partial charge on any atom is 0.313 e. The molecule has 154 valence electrons. The van der Waals surface area contributed by atoms with Gasteiger partial charge in [-0.05, 0) is 36.2 Å². The van der Waals surface area contributed by atoms with Crippen molar-refractivity contribution in [3.8, 4) is 5.75 Å². The van der Waals surface area contributed by atoms with Crippen LogP contribution in [0.1, 0.15) is 18.1 Å². The number of carbonyl (C=O) groups excluding carboxylic acids is 2. The average molecular weight is 397 g/mol. The zero-order valence-electron chi connectivity index (χ0n) is 16.6. The van der Waals surface area contributed by atoms with Crippen molar-refractivity contribution in [1.29, 1.82) is 0 Å². The fraction of sp³-hybridized carbons (Fsp3) is 0.364. The third-order valence-corrected chi connectivity index (χ3v) is 4.81. The number of anilines is 1. The molecule has 1 saturated heterocycles. The van der Waals surface area contributed by atoms with E-state index in [1.807, 2.05) is 18.2 Å². The van der Waals surface area contributed by atoms with Gasteiger partial charge in [-0.3, -0.25) is 14.5 Å². The summed E-state index contributed by atoms with van der Waals surface area (Å²) in [4.78, 5) is 26.3. The molecule has 1 fully saturated rings. The third kappa shape index (κ3) is 6.30. The molecule has 2 N–H and O–H groups in total. The highest BCUT2D eigenvalue weighted by molar-refractivity contribution is 6.39. The first-order valence-corrected chi connectivity index (χ1v) is 9.78. The van der Waals surface area contributed by atoms with Crippen molar-refractivity contribution in [1.82, 2.24) is 10.2 Å². The fourth-order valence-electron chi connectivity index (χ4n) is 3.22. The number of nitrogens with zero attached hydrogens (tertiary/aromatic N) is 1. The summed E-state index contributed by atoms with van der Waals surface area (Å²) in [6.07, 6.45) is 0.845. The Morgan fingerprint density at radius 2 is 1.86 bits per heavy atom. The number of hydrogen-bond acceptors (Lipinski definition) is 5. The summed E-state index contributed by atoms with van der Waals surface area (Å²) in [5, 5.41) is 5.25. The molecule has 2 amide bonds. The molecule has 0 aliphatic carbocycles. The van der Waals surface area contributed by atoms with Gasteiger partial charge in [0.05, 0.1) is 19.8 Å². The number of amides is 2. The maximum atomic E-state index is 12.0. The molecular weight excluding hydrogens is 370 g/mol. The molecule has 2 aromatic rings. The van der Waals surface area contributed by atoms with E-state index in [-0.39, 0.29) is 6.10 Å². The Hall–Kier alpha value is -2.90. The van der Waals surface area contributed by atoms with Crippen LogP contribution in [0, 0.1) is 0 Å². The molecule has 1 atom stereocenters. The van der Waals surface area contributed by atoms with Crippen LogP contribution in [0.15, 0.2) is 54.6 Å². The normalized spacial score (nSPS) is 16.8. The topological polar surface area (TPSA) is 79.9 Å². The summed E-state index contributed by atoms with van der Waals surface area (Å²) >= 11 is 0. The van der Waals surface area contributed by atoms with Crippen LogP contribution in [0.2, 0.25) is 0 Å². The summed E-state index contributed by atoms with van der Waals surface area (Å²) in [7, 11) is 1.57. The molecule has 7 nitrogen and oxygen atoms in total. The van der Waals surface area contributed by atoms with Crippen LogP contribution in [-0.2, 0) is 14.3 Å². The zero-order valence-corrected chi connectivity index (χ0v) is 16.6. The molecule has 29 heavy (non-hydrogen) atoms. The molecule has 0 radical (unpaired) electrons. The molecule has 0 bridgehead atoms. The van der Waals surface area contributed by atoms with E-state index in [0.29, 0.717) is 24.6 Å². The van der Waals surface area contributed by atoms with Crippen molar-refractivity contribution in [2.75, 3.05) is 45.2 Å². The summed E-state index contributed by atoms with van der Waals surface area (Å²) in [6, 6.07) is 17.0. The van der Waals surface area contributed by atoms with Gasteiger partial charge in [0, 0.05) is 31.9 Å². The Morgan fingerprint density at radius 3 is 2.59 bits per heavy atom. The molecule has 2 aromatic carbocycles. The van der Waals surface area contributed by atoms with Crippen LogP contribution in [-0.4, -0.2) is 56.6 Å². The van der Waals surface area contributed by atoms with Gasteiger partial charge in [0.1, 0.15) is 5.75 Å². The van der Waals surface area contributed by atoms with Crippen molar-refractivity contribution < 1.29 is 19.1 Å². The number of morpholine rings is 1. The minimum Gasteiger partial charge on any atom is -0.497 e. The number of rotatable bonds is 7. The van der Waals surface area contributed by atoms with Gasteiger partial charge < -0.3 is 20.1 Å². The number of hydrogen-bond donors (Lipinski definition) is 2. The maximum absolute atomic E-state index is 12.0. The first-order chi connectivity index (χ1) is 14.2. The van der Waals surface area contributed by atoms with E-state index in [1.54, 1.807) is 31.4 Å². The van der Waals surface area contributed by atoms with E-state index in [9.17, 15) is 9.59 Å². The van der Waals surface area contributed by atoms with Crippen molar-refractivity contribution >= 4 is 17.5 Å². The second-order valence-electron chi connectivity index (χ2n) is 6.86. The van der Waals surface area contributed by atoms with Gasteiger partial charge in [0.15, 0.2) is 0 Å². The molecular formula is C22H27N3O4. The first kappa shape index (κ1) is 20.8. The van der Waals surface area contributed by atoms with Gasteiger partial charge in [-0.25, -0.2) is 0 Å². The largest absolute Gasteiger partial charge is 0.497 e. The predicted molar refractivity (Wildman–Crippen MR) is 111 cm³/mol. The molecule has 3 rings (SSSR count). The van der Waals surface area contributed by atoms with Crippen molar-refractivity contribution in [3.63, 3.8) is 0 Å². The van der Waals surface area contributed by atoms with Crippen LogP contribution in [0.25, 0.3) is 0 Å². The second kappa shape index (κ2) is 10.6. The minimum absolute atomic E-state index is 0.0785. The lowest BCUT2D eigenvalue weighted by atomic mass is 10.1. The standard InChI is InChI=1S/C22H27N3O4/c1-28-19-10-8-18(9-11-19)24-22(27)21(26)23-12-5-13-25-14-15-29-20(16-25)17-6-3-2-4-7-17/h2-4,6-11,20H,5,12-16H2,1H3,(H,23,26)(H,24,27). The lowest BCUT2D eigenvalue weighted by Gasteiger charge is -2.33. The molecule has 7 heteroatoms. The van der Waals surface area contributed by atoms with Gasteiger partial charge in [-0.1, -0.05) is 30.3 Å². The number of nitrogens with one attached hydrogen (secondary N) is 2. The summed E-state index contributed by atoms with van der Waals surface area (Å²) in [5.74, 6) is -0.624. The summed E-state index contributed by atoms with van der Waals surface area (Å²) in [6.45, 7) is 3.68. The van der Waals surface area contributed by atoms with E-state index < -0.39 is 11.8 Å². The Labute approximate surface area is 171 Å². The molecule has 1 aliphatic heterocycles. The van der Waals surface area contributed by atoms with E-state index in [2.05, 4.69) is 27.7 Å². The van der Waals surface area contributed by atoms with Crippen molar-refractivity contribution in [2.24, 2.45) is 0 Å².